The van der Waals surface area contributed by atoms with E-state index in [-0.39, 0.29) is 30.3 Å². The van der Waals surface area contributed by atoms with Crippen molar-refractivity contribution in [2.75, 3.05) is 19.8 Å². The first kappa shape index (κ1) is 18.5. The van der Waals surface area contributed by atoms with Crippen LogP contribution in [0.1, 0.15) is 38.7 Å². The predicted octanol–water partition coefficient (Wildman–Crippen LogP) is 2.32. The van der Waals surface area contributed by atoms with E-state index in [1.807, 2.05) is 0 Å². The van der Waals surface area contributed by atoms with Crippen LogP contribution in [0.15, 0.2) is 23.0 Å². The Labute approximate surface area is 142 Å². The summed E-state index contributed by atoms with van der Waals surface area (Å²) >= 11 is 0. The maximum Gasteiger partial charge on any atom is 0.306 e. The lowest BCUT2D eigenvalue weighted by Gasteiger charge is -2.20. The Hall–Kier alpha value is -1.82. The van der Waals surface area contributed by atoms with Crippen molar-refractivity contribution < 1.29 is 23.5 Å². The molecule has 1 N–H and O–H groups in total. The fraction of sp³-hybridized carbons (Fsp3) is 0.667. The number of nitrogens with one attached hydrogen (secondary N) is 1. The van der Waals surface area contributed by atoms with Crippen molar-refractivity contribution in [2.45, 2.75) is 45.6 Å². The van der Waals surface area contributed by atoms with Gasteiger partial charge < -0.3 is 19.2 Å². The maximum absolute atomic E-state index is 12.1. The Morgan fingerprint density at radius 1 is 1.42 bits per heavy atom. The molecule has 2 rings (SSSR count). The van der Waals surface area contributed by atoms with Crippen LogP contribution in [-0.2, 0) is 25.5 Å². The van der Waals surface area contributed by atoms with Crippen molar-refractivity contribution in [3.63, 3.8) is 0 Å². The number of hydrogen-bond acceptors (Lipinski definition) is 5. The van der Waals surface area contributed by atoms with Gasteiger partial charge in [-0.25, -0.2) is 0 Å². The molecular formula is C18H27NO5. The molecule has 0 bridgehead atoms. The van der Waals surface area contributed by atoms with Gasteiger partial charge in [-0.15, -0.1) is 0 Å². The molecule has 6 nitrogen and oxygen atoms in total. The summed E-state index contributed by atoms with van der Waals surface area (Å²) in [6.45, 7) is 5.83. The van der Waals surface area contributed by atoms with Gasteiger partial charge in [0.25, 0.3) is 0 Å². The molecule has 1 amide bonds. The highest BCUT2D eigenvalue weighted by Crippen LogP contribution is 2.17. The molecule has 0 saturated carbocycles. The second-order valence-electron chi connectivity index (χ2n) is 6.79. The highest BCUT2D eigenvalue weighted by Gasteiger charge is 2.23. The van der Waals surface area contributed by atoms with Gasteiger partial charge in [0.1, 0.15) is 6.10 Å². The fourth-order valence-corrected chi connectivity index (χ4v) is 2.88. The average Bonchev–Trinajstić information content (AvgIpc) is 3.18. The third-order valence-electron chi connectivity index (χ3n) is 3.98. The smallest absolute Gasteiger partial charge is 0.306 e. The van der Waals surface area contributed by atoms with Gasteiger partial charge >= 0.3 is 5.97 Å². The predicted molar refractivity (Wildman–Crippen MR) is 88.3 cm³/mol. The van der Waals surface area contributed by atoms with Crippen LogP contribution in [0.25, 0.3) is 0 Å². The summed E-state index contributed by atoms with van der Waals surface area (Å²) < 4.78 is 15.6. The molecule has 0 aliphatic carbocycles. The van der Waals surface area contributed by atoms with Crippen molar-refractivity contribution in [3.05, 3.63) is 24.2 Å². The minimum absolute atomic E-state index is 0.0669. The van der Waals surface area contributed by atoms with E-state index >= 15 is 0 Å². The van der Waals surface area contributed by atoms with Crippen LogP contribution in [0.2, 0.25) is 0 Å². The Morgan fingerprint density at radius 2 is 2.25 bits per heavy atom. The first-order chi connectivity index (χ1) is 11.5. The van der Waals surface area contributed by atoms with E-state index < -0.39 is 0 Å². The highest BCUT2D eigenvalue weighted by atomic mass is 16.6. The van der Waals surface area contributed by atoms with E-state index in [4.69, 9.17) is 13.9 Å². The molecule has 2 atom stereocenters. The number of carbonyl (C=O) groups is 2. The molecule has 1 unspecified atom stereocenters. The highest BCUT2D eigenvalue weighted by molar-refractivity contribution is 5.78. The van der Waals surface area contributed by atoms with E-state index in [2.05, 4.69) is 19.2 Å². The largest absolute Gasteiger partial charge is 0.472 e. The van der Waals surface area contributed by atoms with E-state index in [1.165, 1.54) is 0 Å². The van der Waals surface area contributed by atoms with Crippen LogP contribution in [0, 0.1) is 11.8 Å². The molecule has 1 aliphatic heterocycles. The van der Waals surface area contributed by atoms with Gasteiger partial charge in [-0.05, 0) is 29.9 Å². The lowest BCUT2D eigenvalue weighted by atomic mass is 9.94. The van der Waals surface area contributed by atoms with E-state index in [9.17, 15) is 9.59 Å². The van der Waals surface area contributed by atoms with E-state index in [1.54, 1.807) is 18.6 Å². The van der Waals surface area contributed by atoms with Crippen molar-refractivity contribution in [2.24, 2.45) is 11.8 Å². The van der Waals surface area contributed by atoms with Crippen LogP contribution < -0.4 is 5.32 Å². The average molecular weight is 337 g/mol. The number of amides is 1. The molecule has 1 aliphatic rings. The summed E-state index contributed by atoms with van der Waals surface area (Å²) in [4.78, 5) is 24.1. The van der Waals surface area contributed by atoms with E-state index in [0.29, 0.717) is 32.1 Å². The summed E-state index contributed by atoms with van der Waals surface area (Å²) in [6.07, 6.45) is 5.23. The number of rotatable bonds is 9. The fourth-order valence-electron chi connectivity index (χ4n) is 2.88. The molecule has 6 heteroatoms. The summed E-state index contributed by atoms with van der Waals surface area (Å²) in [6, 6.07) is 1.77. The lowest BCUT2D eigenvalue weighted by Crippen LogP contribution is -2.32. The summed E-state index contributed by atoms with van der Waals surface area (Å²) in [5, 5.41) is 2.91. The van der Waals surface area contributed by atoms with Gasteiger partial charge in [0.2, 0.25) is 5.91 Å². The first-order valence-electron chi connectivity index (χ1n) is 8.58. The second-order valence-corrected chi connectivity index (χ2v) is 6.79. The Bertz CT molecular complexity index is 505. The van der Waals surface area contributed by atoms with Crippen molar-refractivity contribution >= 4 is 11.9 Å². The maximum atomic E-state index is 12.1. The zero-order chi connectivity index (χ0) is 17.4. The zero-order valence-corrected chi connectivity index (χ0v) is 14.5. The van der Waals surface area contributed by atoms with Crippen molar-refractivity contribution in [1.82, 2.24) is 5.32 Å². The lowest BCUT2D eigenvalue weighted by molar-refractivity contribution is -0.150. The van der Waals surface area contributed by atoms with Gasteiger partial charge in [-0.1, -0.05) is 13.8 Å². The standard InChI is InChI=1S/C18H27NO5/c1-13(2)7-15(9-18(21)24-16-4-6-23-12-16)10-19-17(20)8-14-3-5-22-11-14/h3,5,11,13,15-16H,4,6-10,12H2,1-2H3,(H,19,20)/t15-,16?/m0/s1. The Balaban J connectivity index is 1.76. The number of carbonyl (C=O) groups excluding carboxylic acids is 2. The van der Waals surface area contributed by atoms with Crippen LogP contribution in [0.4, 0.5) is 0 Å². The number of esters is 1. The first-order valence-corrected chi connectivity index (χ1v) is 8.58. The molecule has 134 valence electrons. The van der Waals surface area contributed by atoms with Crippen molar-refractivity contribution in [1.29, 1.82) is 0 Å². The molecule has 1 fully saturated rings. The monoisotopic (exact) mass is 337 g/mol. The van der Waals surface area contributed by atoms with Gasteiger partial charge in [0.05, 0.1) is 38.6 Å². The van der Waals surface area contributed by atoms with Crippen LogP contribution in [0.5, 0.6) is 0 Å². The minimum Gasteiger partial charge on any atom is -0.472 e. The van der Waals surface area contributed by atoms with E-state index in [0.717, 1.165) is 18.4 Å². The zero-order valence-electron chi connectivity index (χ0n) is 14.5. The van der Waals surface area contributed by atoms with Gasteiger partial charge in [-0.2, -0.15) is 0 Å². The summed E-state index contributed by atoms with van der Waals surface area (Å²) in [5.74, 6) is 0.250. The second kappa shape index (κ2) is 9.47. The Kier molecular flexibility index (Phi) is 7.31. The normalized spacial score (nSPS) is 18.5. The molecule has 1 saturated heterocycles. The number of ether oxygens (including phenoxy) is 2. The van der Waals surface area contributed by atoms with Crippen molar-refractivity contribution in [3.8, 4) is 0 Å². The quantitative estimate of drug-likeness (QED) is 0.700. The molecular weight excluding hydrogens is 310 g/mol. The van der Waals surface area contributed by atoms with Gasteiger partial charge in [-0.3, -0.25) is 9.59 Å². The molecule has 0 spiro atoms. The third kappa shape index (κ3) is 6.74. The van der Waals surface area contributed by atoms with Crippen LogP contribution in [-0.4, -0.2) is 37.7 Å². The molecule has 1 aromatic rings. The number of furan rings is 1. The molecule has 24 heavy (non-hydrogen) atoms. The summed E-state index contributed by atoms with van der Waals surface area (Å²) in [5.41, 5.74) is 0.841. The van der Waals surface area contributed by atoms with Gasteiger partial charge in [0, 0.05) is 13.0 Å². The SMILES string of the molecule is CC(C)C[C@H](CNC(=O)Cc1ccoc1)CC(=O)OC1CCOC1. The van der Waals surface area contributed by atoms with Gasteiger partial charge in [0.15, 0.2) is 0 Å². The molecule has 0 radical (unpaired) electrons. The molecule has 0 aromatic carbocycles. The number of hydrogen-bond donors (Lipinski definition) is 1. The minimum atomic E-state index is -0.208. The molecule has 1 aromatic heterocycles. The van der Waals surface area contributed by atoms with Crippen LogP contribution in [0.3, 0.4) is 0 Å². The third-order valence-corrected chi connectivity index (χ3v) is 3.98. The van der Waals surface area contributed by atoms with Crippen LogP contribution >= 0.6 is 0 Å². The topological polar surface area (TPSA) is 77.8 Å². The molecule has 2 heterocycles. The summed E-state index contributed by atoms with van der Waals surface area (Å²) in [7, 11) is 0. The Morgan fingerprint density at radius 3 is 2.88 bits per heavy atom.